The van der Waals surface area contributed by atoms with Crippen LogP contribution < -0.4 is 5.32 Å². The first kappa shape index (κ1) is 22.8. The Labute approximate surface area is 191 Å². The third-order valence-electron chi connectivity index (χ3n) is 8.02. The van der Waals surface area contributed by atoms with Crippen LogP contribution >= 0.6 is 0 Å². The van der Waals surface area contributed by atoms with Gasteiger partial charge in [-0.05, 0) is 51.5 Å². The molecule has 2 aliphatic carbocycles. The highest BCUT2D eigenvalue weighted by Gasteiger charge is 2.67. The summed E-state index contributed by atoms with van der Waals surface area (Å²) in [6.07, 6.45) is 1.41. The Morgan fingerprint density at radius 2 is 1.91 bits per heavy atom. The van der Waals surface area contributed by atoms with Gasteiger partial charge in [-0.3, -0.25) is 4.99 Å². The molecule has 0 unspecified atom stereocenters. The number of amides is 1. The van der Waals surface area contributed by atoms with E-state index in [4.69, 9.17) is 14.5 Å². The van der Waals surface area contributed by atoms with Gasteiger partial charge in [0.2, 0.25) is 0 Å². The van der Waals surface area contributed by atoms with E-state index < -0.39 is 17.7 Å². The van der Waals surface area contributed by atoms with Crippen LogP contribution in [0.15, 0.2) is 29.3 Å². The van der Waals surface area contributed by atoms with Gasteiger partial charge < -0.3 is 14.8 Å². The van der Waals surface area contributed by atoms with Crippen molar-refractivity contribution in [3.8, 4) is 0 Å². The number of ether oxygens (including phenoxy) is 2. The van der Waals surface area contributed by atoms with E-state index in [2.05, 4.69) is 26.1 Å². The molecule has 1 N–H and O–H groups in total. The van der Waals surface area contributed by atoms with E-state index in [1.165, 1.54) is 0 Å². The first-order chi connectivity index (χ1) is 14.8. The van der Waals surface area contributed by atoms with E-state index in [9.17, 15) is 9.59 Å². The van der Waals surface area contributed by atoms with Gasteiger partial charge in [0.05, 0.1) is 5.71 Å². The van der Waals surface area contributed by atoms with Crippen molar-refractivity contribution in [1.29, 1.82) is 0 Å². The lowest BCUT2D eigenvalue weighted by Gasteiger charge is -2.37. The summed E-state index contributed by atoms with van der Waals surface area (Å²) >= 11 is 0. The molecule has 2 saturated carbocycles. The number of nitrogens with zero attached hydrogens (tertiary/aromatic N) is 1. The molecule has 1 aromatic rings. The molecule has 1 aliphatic heterocycles. The summed E-state index contributed by atoms with van der Waals surface area (Å²) < 4.78 is 11.5. The first-order valence-electron chi connectivity index (χ1n) is 11.7. The molecule has 0 aromatic heterocycles. The Bertz CT molecular complexity index is 944. The molecule has 6 nitrogen and oxygen atoms in total. The average molecular weight is 441 g/mol. The minimum atomic E-state index is -0.689. The summed E-state index contributed by atoms with van der Waals surface area (Å²) in [5, 5.41) is 2.85. The maximum atomic E-state index is 13.2. The van der Waals surface area contributed by atoms with Crippen molar-refractivity contribution in [1.82, 2.24) is 5.32 Å². The Morgan fingerprint density at radius 1 is 1.25 bits per heavy atom. The molecule has 3 aliphatic rings. The summed E-state index contributed by atoms with van der Waals surface area (Å²) in [6.45, 7) is 14.6. The minimum absolute atomic E-state index is 0.0415. The minimum Gasteiger partial charge on any atom is -0.454 e. The highest BCUT2D eigenvalue weighted by molar-refractivity contribution is 6.03. The largest absolute Gasteiger partial charge is 0.454 e. The number of esters is 1. The van der Waals surface area contributed by atoms with Crippen LogP contribution in [0, 0.1) is 23.7 Å². The van der Waals surface area contributed by atoms with E-state index in [-0.39, 0.29) is 35.4 Å². The molecule has 1 amide bonds. The van der Waals surface area contributed by atoms with Gasteiger partial charge >= 0.3 is 12.1 Å². The molecule has 5 atom stereocenters. The SMILES string of the molecule is Cc1ccc([C@@H](CNC(=O)OC(C)(C)C)[C@@H]2N=C3[C@H](OC2=O)[C@H]2CC[C@]3(C)C2(C)C)cc1. The molecule has 0 saturated heterocycles. The predicted molar refractivity (Wildman–Crippen MR) is 124 cm³/mol. The van der Waals surface area contributed by atoms with Crippen molar-refractivity contribution in [3.63, 3.8) is 0 Å². The van der Waals surface area contributed by atoms with Gasteiger partial charge in [-0.2, -0.15) is 0 Å². The Hall–Kier alpha value is -2.37. The molecule has 1 heterocycles. The van der Waals surface area contributed by atoms with Crippen molar-refractivity contribution >= 4 is 17.8 Å². The van der Waals surface area contributed by atoms with Crippen molar-refractivity contribution in [2.45, 2.75) is 85.0 Å². The molecule has 1 aromatic carbocycles. The fourth-order valence-electron chi connectivity index (χ4n) is 5.77. The maximum absolute atomic E-state index is 13.2. The molecular weight excluding hydrogens is 404 g/mol. The molecule has 6 heteroatoms. The molecule has 174 valence electrons. The predicted octanol–water partition coefficient (Wildman–Crippen LogP) is 4.79. The number of benzene rings is 1. The zero-order valence-electron chi connectivity index (χ0n) is 20.3. The zero-order valence-corrected chi connectivity index (χ0v) is 20.3. The Morgan fingerprint density at radius 3 is 2.53 bits per heavy atom. The summed E-state index contributed by atoms with van der Waals surface area (Å²) in [5.74, 6) is -0.328. The van der Waals surface area contributed by atoms with Crippen molar-refractivity contribution in [2.24, 2.45) is 21.7 Å². The summed E-state index contributed by atoms with van der Waals surface area (Å²) in [4.78, 5) is 30.6. The van der Waals surface area contributed by atoms with Crippen LogP contribution in [0.1, 0.15) is 71.4 Å². The van der Waals surface area contributed by atoms with E-state index in [1.54, 1.807) is 0 Å². The standard InChI is InChI=1S/C26H36N2O4/c1-15-8-10-16(11-9-15)17(14-27-23(30)32-24(2,3)4)19-22(29)31-20-18-12-13-26(7,21(20)28-19)25(18,5)6/h8-11,17-20H,12-14H2,1-7H3,(H,27,30)/t17-,18-,19+,20-,26+/m1/s1. The molecule has 0 spiro atoms. The lowest BCUT2D eigenvalue weighted by molar-refractivity contribution is -0.152. The van der Waals surface area contributed by atoms with Gasteiger partial charge in [0.15, 0.2) is 6.04 Å². The number of nitrogens with one attached hydrogen (secondary N) is 1. The van der Waals surface area contributed by atoms with E-state index in [1.807, 2.05) is 52.0 Å². The van der Waals surface area contributed by atoms with Gasteiger partial charge in [0.1, 0.15) is 11.7 Å². The Balaban J connectivity index is 1.66. The summed E-state index contributed by atoms with van der Waals surface area (Å²) in [5.41, 5.74) is 2.48. The fraction of sp³-hybridized carbons (Fsp3) is 0.654. The number of aryl methyl sites for hydroxylation is 1. The van der Waals surface area contributed by atoms with Gasteiger partial charge in [-0.25, -0.2) is 9.59 Å². The third kappa shape index (κ3) is 3.71. The van der Waals surface area contributed by atoms with E-state index in [0.29, 0.717) is 5.92 Å². The van der Waals surface area contributed by atoms with E-state index in [0.717, 1.165) is 29.7 Å². The van der Waals surface area contributed by atoms with Gasteiger partial charge in [0.25, 0.3) is 0 Å². The number of carbonyl (C=O) groups excluding carboxylic acids is 2. The zero-order chi connectivity index (χ0) is 23.5. The van der Waals surface area contributed by atoms with Crippen LogP contribution in [-0.4, -0.2) is 42.1 Å². The Kier molecular flexibility index (Phi) is 5.42. The quantitative estimate of drug-likeness (QED) is 0.683. The normalized spacial score (nSPS) is 31.4. The number of alkyl carbamates (subject to hydrolysis) is 1. The third-order valence-corrected chi connectivity index (χ3v) is 8.02. The summed E-state index contributed by atoms with van der Waals surface area (Å²) in [7, 11) is 0. The maximum Gasteiger partial charge on any atom is 0.407 e. The average Bonchev–Trinajstić information content (AvgIpc) is 3.00. The number of aliphatic imine (C=N–C) groups is 1. The number of fused-ring (bicyclic) bond motifs is 5. The topological polar surface area (TPSA) is 77.0 Å². The molecule has 4 rings (SSSR count). The molecule has 2 bridgehead atoms. The molecular formula is C26H36N2O4. The lowest BCUT2D eigenvalue weighted by atomic mass is 9.70. The number of hydrogen-bond donors (Lipinski definition) is 1. The molecule has 0 radical (unpaired) electrons. The van der Waals surface area contributed by atoms with Crippen LogP contribution in [-0.2, 0) is 14.3 Å². The number of rotatable bonds is 4. The lowest BCUT2D eigenvalue weighted by Crippen LogP contribution is -2.48. The van der Waals surface area contributed by atoms with Crippen molar-refractivity contribution < 1.29 is 19.1 Å². The fourth-order valence-corrected chi connectivity index (χ4v) is 5.77. The van der Waals surface area contributed by atoms with Crippen LogP contribution in [0.25, 0.3) is 0 Å². The number of carbonyl (C=O) groups is 2. The second-order valence-corrected chi connectivity index (χ2v) is 11.4. The molecule has 32 heavy (non-hydrogen) atoms. The van der Waals surface area contributed by atoms with Crippen LogP contribution in [0.4, 0.5) is 4.79 Å². The number of hydrogen-bond acceptors (Lipinski definition) is 5. The highest BCUT2D eigenvalue weighted by atomic mass is 16.6. The van der Waals surface area contributed by atoms with Crippen LogP contribution in [0.2, 0.25) is 0 Å². The molecule has 2 fully saturated rings. The second-order valence-electron chi connectivity index (χ2n) is 11.4. The van der Waals surface area contributed by atoms with Crippen LogP contribution in [0.3, 0.4) is 0 Å². The van der Waals surface area contributed by atoms with Crippen LogP contribution in [0.5, 0.6) is 0 Å². The monoisotopic (exact) mass is 440 g/mol. The second kappa shape index (κ2) is 7.60. The highest BCUT2D eigenvalue weighted by Crippen LogP contribution is 2.65. The summed E-state index contributed by atoms with van der Waals surface area (Å²) in [6, 6.07) is 7.35. The van der Waals surface area contributed by atoms with E-state index >= 15 is 0 Å². The smallest absolute Gasteiger partial charge is 0.407 e. The first-order valence-corrected chi connectivity index (χ1v) is 11.7. The van der Waals surface area contributed by atoms with Gasteiger partial charge in [0, 0.05) is 23.8 Å². The van der Waals surface area contributed by atoms with Gasteiger partial charge in [-0.15, -0.1) is 0 Å². The van der Waals surface area contributed by atoms with Crippen molar-refractivity contribution in [3.05, 3.63) is 35.4 Å². The van der Waals surface area contributed by atoms with Crippen molar-refractivity contribution in [2.75, 3.05) is 6.54 Å². The van der Waals surface area contributed by atoms with Gasteiger partial charge in [-0.1, -0.05) is 50.6 Å².